The van der Waals surface area contributed by atoms with Crippen LogP contribution in [-0.2, 0) is 0 Å². The maximum absolute atomic E-state index is 12.9. The van der Waals surface area contributed by atoms with Crippen LogP contribution in [0.4, 0.5) is 0 Å². The van der Waals surface area contributed by atoms with Gasteiger partial charge in [0.2, 0.25) is 5.88 Å². The zero-order valence-corrected chi connectivity index (χ0v) is 16.9. The van der Waals surface area contributed by atoms with Crippen molar-refractivity contribution in [2.24, 2.45) is 0 Å². The number of nitrogens with zero attached hydrogens (tertiary/aromatic N) is 2. The van der Waals surface area contributed by atoms with Gasteiger partial charge in [0.15, 0.2) is 11.5 Å². The Morgan fingerprint density at radius 1 is 1.31 bits per heavy atom. The molecule has 1 atom stereocenters. The summed E-state index contributed by atoms with van der Waals surface area (Å²) in [6.07, 6.45) is 3.52. The van der Waals surface area contributed by atoms with E-state index in [0.29, 0.717) is 29.8 Å². The summed E-state index contributed by atoms with van der Waals surface area (Å²) in [5, 5.41) is 12.6. The number of furan rings is 1. The van der Waals surface area contributed by atoms with Gasteiger partial charge in [-0.25, -0.2) is 0 Å². The smallest absolute Gasteiger partial charge is 0.256 e. The van der Waals surface area contributed by atoms with Crippen molar-refractivity contribution >= 4 is 5.91 Å². The molecule has 0 fully saturated rings. The van der Waals surface area contributed by atoms with E-state index in [4.69, 9.17) is 13.9 Å². The van der Waals surface area contributed by atoms with Crippen LogP contribution in [0.15, 0.2) is 47.1 Å². The number of hydrogen-bond donors (Lipinski definition) is 1. The predicted octanol–water partition coefficient (Wildman–Crippen LogP) is 4.15. The molecule has 2 heterocycles. The fraction of sp³-hybridized carbons (Fsp3) is 0.273. The van der Waals surface area contributed by atoms with Gasteiger partial charge in [-0.1, -0.05) is 6.07 Å². The van der Waals surface area contributed by atoms with Gasteiger partial charge in [0.25, 0.3) is 5.91 Å². The van der Waals surface area contributed by atoms with Gasteiger partial charge in [0.1, 0.15) is 23.0 Å². The average Bonchev–Trinajstić information content (AvgIpc) is 3.35. The lowest BCUT2D eigenvalue weighted by molar-refractivity contribution is 0.0938. The van der Waals surface area contributed by atoms with Gasteiger partial charge in [-0.15, -0.1) is 0 Å². The minimum atomic E-state index is -0.374. The van der Waals surface area contributed by atoms with Gasteiger partial charge >= 0.3 is 0 Å². The minimum absolute atomic E-state index is 0.202. The summed E-state index contributed by atoms with van der Waals surface area (Å²) in [4.78, 5) is 12.9. The molecule has 1 unspecified atom stereocenters. The van der Waals surface area contributed by atoms with Crippen LogP contribution in [0.3, 0.4) is 0 Å². The molecule has 150 valence electrons. The van der Waals surface area contributed by atoms with E-state index in [9.17, 15) is 10.1 Å². The monoisotopic (exact) mass is 393 g/mol. The van der Waals surface area contributed by atoms with Crippen LogP contribution in [0, 0.1) is 18.3 Å². The van der Waals surface area contributed by atoms with E-state index in [2.05, 4.69) is 11.4 Å². The molecule has 0 spiro atoms. The molecule has 7 heteroatoms. The number of aryl methyl sites for hydroxylation is 1. The van der Waals surface area contributed by atoms with Gasteiger partial charge < -0.3 is 19.2 Å². The lowest BCUT2D eigenvalue weighted by Crippen LogP contribution is -2.27. The fourth-order valence-electron chi connectivity index (χ4n) is 3.14. The van der Waals surface area contributed by atoms with Crippen molar-refractivity contribution in [2.45, 2.75) is 26.8 Å². The first-order valence-corrected chi connectivity index (χ1v) is 9.28. The van der Waals surface area contributed by atoms with Crippen molar-refractivity contribution < 1.29 is 18.7 Å². The largest absolute Gasteiger partial charge is 0.493 e. The number of rotatable bonds is 7. The topological polar surface area (TPSA) is 89.4 Å². The van der Waals surface area contributed by atoms with Crippen molar-refractivity contribution in [3.63, 3.8) is 0 Å². The molecule has 3 rings (SSSR count). The van der Waals surface area contributed by atoms with E-state index in [0.717, 1.165) is 5.56 Å². The van der Waals surface area contributed by atoms with Crippen LogP contribution >= 0.6 is 0 Å². The Kier molecular flexibility index (Phi) is 5.93. The second kappa shape index (κ2) is 8.57. The Morgan fingerprint density at radius 3 is 2.66 bits per heavy atom. The Morgan fingerprint density at radius 2 is 2.03 bits per heavy atom. The number of methoxy groups -OCH3 is 1. The van der Waals surface area contributed by atoms with Crippen molar-refractivity contribution in [1.29, 1.82) is 5.26 Å². The van der Waals surface area contributed by atoms with Crippen LogP contribution in [0.5, 0.6) is 11.5 Å². The second-order valence-corrected chi connectivity index (χ2v) is 6.45. The third-order valence-corrected chi connectivity index (χ3v) is 4.58. The van der Waals surface area contributed by atoms with Gasteiger partial charge in [-0.05, 0) is 50.6 Å². The molecule has 1 aromatic carbocycles. The highest BCUT2D eigenvalue weighted by molar-refractivity contribution is 5.98. The third-order valence-electron chi connectivity index (χ3n) is 4.58. The van der Waals surface area contributed by atoms with Crippen molar-refractivity contribution in [3.05, 3.63) is 65.2 Å². The normalized spacial score (nSPS) is 11.6. The third kappa shape index (κ3) is 3.97. The standard InChI is InChI=1S/C22H23N3O4/c1-5-28-18-9-8-16(12-19(18)27-4)14(2)24-21(26)20-15(3)29-22(17(20)13-23)25-10-6-7-11-25/h6-12,14H,5H2,1-4H3,(H,24,26). The molecule has 2 aromatic heterocycles. The Balaban J connectivity index is 1.86. The summed E-state index contributed by atoms with van der Waals surface area (Å²) in [6, 6.07) is 10.9. The van der Waals surface area contributed by atoms with E-state index < -0.39 is 0 Å². The molecular formula is C22H23N3O4. The van der Waals surface area contributed by atoms with E-state index in [1.165, 1.54) is 0 Å². The summed E-state index contributed by atoms with van der Waals surface area (Å²) in [6.45, 7) is 5.97. The molecule has 0 saturated carbocycles. The van der Waals surface area contributed by atoms with Crippen LogP contribution in [0.25, 0.3) is 5.88 Å². The van der Waals surface area contributed by atoms with Crippen LogP contribution in [0.2, 0.25) is 0 Å². The SMILES string of the molecule is CCOc1ccc(C(C)NC(=O)c2c(C)oc(-n3cccc3)c2C#N)cc1OC. The quantitative estimate of drug-likeness (QED) is 0.651. The van der Waals surface area contributed by atoms with E-state index in [1.54, 1.807) is 31.0 Å². The minimum Gasteiger partial charge on any atom is -0.493 e. The number of hydrogen-bond acceptors (Lipinski definition) is 5. The van der Waals surface area contributed by atoms with Crippen molar-refractivity contribution in [1.82, 2.24) is 9.88 Å². The Hall–Kier alpha value is -3.66. The molecule has 3 aromatic rings. The molecule has 0 aliphatic carbocycles. The molecule has 1 N–H and O–H groups in total. The highest BCUT2D eigenvalue weighted by Gasteiger charge is 2.25. The Labute approximate surface area is 169 Å². The number of nitrogens with one attached hydrogen (secondary N) is 1. The molecule has 0 radical (unpaired) electrons. The number of carbonyl (C=O) groups is 1. The van der Waals surface area contributed by atoms with E-state index in [-0.39, 0.29) is 23.1 Å². The highest BCUT2D eigenvalue weighted by atomic mass is 16.5. The number of nitriles is 1. The summed E-state index contributed by atoms with van der Waals surface area (Å²) < 4.78 is 18.3. The molecule has 1 amide bonds. The maximum Gasteiger partial charge on any atom is 0.256 e. The van der Waals surface area contributed by atoms with Crippen LogP contribution in [0.1, 0.15) is 47.1 Å². The number of benzene rings is 1. The molecule has 0 aliphatic heterocycles. The summed E-state index contributed by atoms with van der Waals surface area (Å²) in [7, 11) is 1.57. The first-order chi connectivity index (χ1) is 14.0. The number of carbonyl (C=O) groups excluding carboxylic acids is 1. The first-order valence-electron chi connectivity index (χ1n) is 9.28. The van der Waals surface area contributed by atoms with Crippen LogP contribution in [-0.4, -0.2) is 24.2 Å². The molecule has 0 saturated heterocycles. The number of ether oxygens (including phenoxy) is 2. The lowest BCUT2D eigenvalue weighted by Gasteiger charge is -2.17. The maximum atomic E-state index is 12.9. The molecule has 0 bridgehead atoms. The Bertz CT molecular complexity index is 1040. The zero-order valence-electron chi connectivity index (χ0n) is 16.9. The highest BCUT2D eigenvalue weighted by Crippen LogP contribution is 2.31. The van der Waals surface area contributed by atoms with E-state index >= 15 is 0 Å². The van der Waals surface area contributed by atoms with Gasteiger partial charge in [0, 0.05) is 12.4 Å². The predicted molar refractivity (Wildman–Crippen MR) is 108 cm³/mol. The summed E-state index contributed by atoms with van der Waals surface area (Å²) >= 11 is 0. The molecule has 7 nitrogen and oxygen atoms in total. The van der Waals surface area contributed by atoms with Gasteiger partial charge in [-0.3, -0.25) is 9.36 Å². The van der Waals surface area contributed by atoms with Gasteiger partial charge in [0.05, 0.1) is 19.8 Å². The fourth-order valence-corrected chi connectivity index (χ4v) is 3.14. The number of aromatic nitrogens is 1. The van der Waals surface area contributed by atoms with Crippen LogP contribution < -0.4 is 14.8 Å². The van der Waals surface area contributed by atoms with Gasteiger partial charge in [-0.2, -0.15) is 5.26 Å². The lowest BCUT2D eigenvalue weighted by atomic mass is 10.1. The summed E-state index contributed by atoms with van der Waals surface area (Å²) in [5.41, 5.74) is 1.29. The second-order valence-electron chi connectivity index (χ2n) is 6.45. The number of amides is 1. The average molecular weight is 393 g/mol. The molecule has 29 heavy (non-hydrogen) atoms. The molecule has 0 aliphatic rings. The molecular weight excluding hydrogens is 370 g/mol. The summed E-state index contributed by atoms with van der Waals surface area (Å²) in [5.74, 6) is 1.58. The van der Waals surface area contributed by atoms with Crippen molar-refractivity contribution in [2.75, 3.05) is 13.7 Å². The first kappa shape index (κ1) is 20.1. The zero-order chi connectivity index (χ0) is 21.0. The van der Waals surface area contributed by atoms with E-state index in [1.807, 2.05) is 44.2 Å². The van der Waals surface area contributed by atoms with Crippen molar-refractivity contribution in [3.8, 4) is 23.5 Å².